The molecule has 1 fully saturated rings. The van der Waals surface area contributed by atoms with Gasteiger partial charge in [0.2, 0.25) is 0 Å². The highest BCUT2D eigenvalue weighted by molar-refractivity contribution is 5.13. The summed E-state index contributed by atoms with van der Waals surface area (Å²) in [6.45, 7) is 1.01. The summed E-state index contributed by atoms with van der Waals surface area (Å²) in [4.78, 5) is 0. The Hall–Kier alpha value is -0.820. The van der Waals surface area contributed by atoms with Gasteiger partial charge in [0, 0.05) is 12.6 Å². The van der Waals surface area contributed by atoms with Crippen molar-refractivity contribution < 1.29 is 0 Å². The fourth-order valence-corrected chi connectivity index (χ4v) is 1.41. The lowest BCUT2D eigenvalue weighted by atomic mass is 9.93. The van der Waals surface area contributed by atoms with E-state index in [0.717, 1.165) is 12.6 Å². The van der Waals surface area contributed by atoms with Crippen LogP contribution in [0, 0.1) is 6.07 Å². The molecule has 0 saturated heterocycles. The molecule has 2 rings (SSSR count). The molecule has 0 spiro atoms. The molecule has 1 N–H and O–H groups in total. The van der Waals surface area contributed by atoms with Crippen molar-refractivity contribution in [1.29, 1.82) is 0 Å². The van der Waals surface area contributed by atoms with Crippen LogP contribution in [0.1, 0.15) is 24.8 Å². The highest BCUT2D eigenvalue weighted by atomic mass is 14.9. The molecule has 0 aromatic heterocycles. The number of hydrogen-bond donors (Lipinski definition) is 1. The zero-order chi connectivity index (χ0) is 8.23. The fourth-order valence-electron chi connectivity index (χ4n) is 1.41. The lowest BCUT2D eigenvalue weighted by molar-refractivity contribution is 0.338. The molecule has 0 unspecified atom stereocenters. The van der Waals surface area contributed by atoms with Crippen LogP contribution in [0.2, 0.25) is 0 Å². The zero-order valence-corrected chi connectivity index (χ0v) is 7.22. The van der Waals surface area contributed by atoms with Gasteiger partial charge in [-0.3, -0.25) is 0 Å². The minimum absolute atomic E-state index is 0.786. The Morgan fingerprint density at radius 3 is 2.67 bits per heavy atom. The van der Waals surface area contributed by atoms with E-state index in [1.807, 2.05) is 12.1 Å². The molecule has 1 aromatic carbocycles. The largest absolute Gasteiger partial charge is 0.310 e. The first-order chi connectivity index (χ1) is 5.95. The molecule has 1 radical (unpaired) electrons. The molecular formula is C11H14N. The molecule has 0 bridgehead atoms. The first-order valence-electron chi connectivity index (χ1n) is 4.63. The van der Waals surface area contributed by atoms with Gasteiger partial charge < -0.3 is 5.32 Å². The summed E-state index contributed by atoms with van der Waals surface area (Å²) < 4.78 is 0. The highest BCUT2D eigenvalue weighted by Crippen LogP contribution is 2.18. The van der Waals surface area contributed by atoms with E-state index in [4.69, 9.17) is 0 Å². The summed E-state index contributed by atoms with van der Waals surface area (Å²) in [5.41, 5.74) is 1.36. The van der Waals surface area contributed by atoms with Crippen molar-refractivity contribution in [3.63, 3.8) is 0 Å². The van der Waals surface area contributed by atoms with E-state index in [1.54, 1.807) is 0 Å². The van der Waals surface area contributed by atoms with Crippen LogP contribution in [0.4, 0.5) is 0 Å². The quantitative estimate of drug-likeness (QED) is 0.714. The lowest BCUT2D eigenvalue weighted by Gasteiger charge is -2.26. The molecule has 0 aliphatic heterocycles. The lowest BCUT2D eigenvalue weighted by Crippen LogP contribution is -2.34. The second kappa shape index (κ2) is 3.72. The van der Waals surface area contributed by atoms with E-state index in [1.165, 1.54) is 24.8 Å². The standard InChI is InChI=1S/C11H14N/c1-2-5-10(6-3-1)9-12-11-7-4-8-11/h2-3,5-6,11-12H,4,7-9H2. The molecule has 63 valence electrons. The van der Waals surface area contributed by atoms with Gasteiger partial charge in [-0.25, -0.2) is 0 Å². The smallest absolute Gasteiger partial charge is 0.0208 e. The van der Waals surface area contributed by atoms with Crippen molar-refractivity contribution in [3.05, 3.63) is 35.9 Å². The second-order valence-corrected chi connectivity index (χ2v) is 3.42. The summed E-state index contributed by atoms with van der Waals surface area (Å²) in [6, 6.07) is 12.0. The summed E-state index contributed by atoms with van der Waals surface area (Å²) in [5.74, 6) is 0. The molecule has 0 atom stereocenters. The first kappa shape index (κ1) is 7.81. The molecule has 1 aliphatic carbocycles. The Morgan fingerprint density at radius 2 is 2.08 bits per heavy atom. The van der Waals surface area contributed by atoms with Crippen molar-refractivity contribution in [2.75, 3.05) is 0 Å². The van der Waals surface area contributed by atoms with E-state index in [-0.39, 0.29) is 0 Å². The van der Waals surface area contributed by atoms with E-state index in [9.17, 15) is 0 Å². The molecular weight excluding hydrogens is 146 g/mol. The summed E-state index contributed by atoms with van der Waals surface area (Å²) in [6.07, 6.45) is 4.12. The van der Waals surface area contributed by atoms with Gasteiger partial charge in [0.05, 0.1) is 0 Å². The highest BCUT2D eigenvalue weighted by Gasteiger charge is 2.15. The molecule has 0 heterocycles. The van der Waals surface area contributed by atoms with Gasteiger partial charge in [0.25, 0.3) is 0 Å². The van der Waals surface area contributed by atoms with Crippen molar-refractivity contribution in [2.45, 2.75) is 31.8 Å². The van der Waals surface area contributed by atoms with Crippen molar-refractivity contribution >= 4 is 0 Å². The Labute approximate surface area is 73.8 Å². The molecule has 12 heavy (non-hydrogen) atoms. The van der Waals surface area contributed by atoms with Gasteiger partial charge >= 0.3 is 0 Å². The van der Waals surface area contributed by atoms with Crippen LogP contribution in [-0.4, -0.2) is 6.04 Å². The van der Waals surface area contributed by atoms with Crippen molar-refractivity contribution in [3.8, 4) is 0 Å². The minimum atomic E-state index is 0.786. The summed E-state index contributed by atoms with van der Waals surface area (Å²) >= 11 is 0. The Bertz CT molecular complexity index is 226. The molecule has 1 aromatic rings. The molecule has 0 amide bonds. The Kier molecular flexibility index (Phi) is 2.42. The molecule has 1 nitrogen and oxygen atoms in total. The van der Waals surface area contributed by atoms with Gasteiger partial charge in [0.15, 0.2) is 0 Å². The average Bonchev–Trinajstić information content (AvgIpc) is 2.04. The van der Waals surface area contributed by atoms with E-state index in [0.29, 0.717) is 0 Å². The van der Waals surface area contributed by atoms with Gasteiger partial charge in [0.1, 0.15) is 0 Å². The van der Waals surface area contributed by atoms with Crippen molar-refractivity contribution in [2.24, 2.45) is 0 Å². The zero-order valence-electron chi connectivity index (χ0n) is 7.22. The van der Waals surface area contributed by atoms with E-state index < -0.39 is 0 Å². The maximum Gasteiger partial charge on any atom is 0.0208 e. The number of hydrogen-bond acceptors (Lipinski definition) is 1. The van der Waals surface area contributed by atoms with Crippen LogP contribution >= 0.6 is 0 Å². The average molecular weight is 160 g/mol. The Balaban J connectivity index is 1.79. The maximum atomic E-state index is 3.52. The number of nitrogens with one attached hydrogen (secondary N) is 1. The van der Waals surface area contributed by atoms with Crippen LogP contribution < -0.4 is 5.32 Å². The Morgan fingerprint density at radius 1 is 1.33 bits per heavy atom. The topological polar surface area (TPSA) is 12.0 Å². The van der Waals surface area contributed by atoms with Crippen LogP contribution in [0.25, 0.3) is 0 Å². The van der Waals surface area contributed by atoms with Crippen molar-refractivity contribution in [1.82, 2.24) is 5.32 Å². The predicted octanol–water partition coefficient (Wildman–Crippen LogP) is 2.13. The summed E-state index contributed by atoms with van der Waals surface area (Å²) in [5, 5.41) is 3.52. The third kappa shape index (κ3) is 1.86. The van der Waals surface area contributed by atoms with Crippen LogP contribution in [0.5, 0.6) is 0 Å². The van der Waals surface area contributed by atoms with Crippen LogP contribution in [0.3, 0.4) is 0 Å². The van der Waals surface area contributed by atoms with E-state index in [2.05, 4.69) is 23.5 Å². The van der Waals surface area contributed by atoms with Crippen LogP contribution in [0.15, 0.2) is 24.3 Å². The minimum Gasteiger partial charge on any atom is -0.310 e. The van der Waals surface area contributed by atoms with Gasteiger partial charge in [-0.05, 0) is 24.5 Å². The molecule has 1 aliphatic rings. The monoisotopic (exact) mass is 160 g/mol. The maximum absolute atomic E-state index is 3.52. The fraction of sp³-hybridized carbons (Fsp3) is 0.455. The van der Waals surface area contributed by atoms with E-state index >= 15 is 0 Å². The third-order valence-corrected chi connectivity index (χ3v) is 2.49. The SMILES string of the molecule is [c]1ccc(CNC2CCC2)cc1. The third-order valence-electron chi connectivity index (χ3n) is 2.49. The number of benzene rings is 1. The first-order valence-corrected chi connectivity index (χ1v) is 4.63. The molecule has 1 saturated carbocycles. The predicted molar refractivity (Wildman–Crippen MR) is 49.8 cm³/mol. The summed E-state index contributed by atoms with van der Waals surface area (Å²) in [7, 11) is 0. The normalized spacial score (nSPS) is 17.3. The van der Waals surface area contributed by atoms with Crippen LogP contribution in [-0.2, 0) is 6.54 Å². The van der Waals surface area contributed by atoms with Gasteiger partial charge in [-0.1, -0.05) is 30.7 Å². The molecule has 1 heteroatoms. The van der Waals surface area contributed by atoms with Gasteiger partial charge in [-0.15, -0.1) is 0 Å². The second-order valence-electron chi connectivity index (χ2n) is 3.42. The van der Waals surface area contributed by atoms with Gasteiger partial charge in [-0.2, -0.15) is 0 Å². The number of rotatable bonds is 3.